The second-order valence-corrected chi connectivity index (χ2v) is 9.36. The van der Waals surface area contributed by atoms with Crippen LogP contribution in [0.3, 0.4) is 0 Å². The third kappa shape index (κ3) is 7.84. The molecule has 0 radical (unpaired) electrons. The van der Waals surface area contributed by atoms with E-state index in [1.54, 1.807) is 7.11 Å². The van der Waals surface area contributed by atoms with Gasteiger partial charge in [0, 0.05) is 63.6 Å². The molecule has 11 heteroatoms. The lowest BCUT2D eigenvalue weighted by molar-refractivity contribution is -0.192. The van der Waals surface area contributed by atoms with Crippen molar-refractivity contribution in [1.82, 2.24) is 14.7 Å². The Hall–Kier alpha value is -2.82. The Balaban J connectivity index is 0.000000540. The maximum Gasteiger partial charge on any atom is 0.490 e. The SMILES string of the molecule is CCN1CC2(CC1=O)CN(Cc1ccc(OC)cc1)CCN(C(=O)C(C)C)C2.O=C(O)C(F)(F)F. The first-order valence-electron chi connectivity index (χ1n) is 11.5. The molecule has 35 heavy (non-hydrogen) atoms. The van der Waals surface area contributed by atoms with Crippen LogP contribution in [0.5, 0.6) is 5.75 Å². The molecular formula is C24H34F3N3O5. The molecule has 1 aromatic rings. The molecule has 0 bridgehead atoms. The fourth-order valence-electron chi connectivity index (χ4n) is 4.51. The first-order chi connectivity index (χ1) is 16.3. The molecule has 3 rings (SSSR count). The topological polar surface area (TPSA) is 90.4 Å². The van der Waals surface area contributed by atoms with Crippen molar-refractivity contribution in [2.24, 2.45) is 11.3 Å². The number of carboxylic acids is 1. The van der Waals surface area contributed by atoms with E-state index in [0.29, 0.717) is 13.0 Å². The van der Waals surface area contributed by atoms with Gasteiger partial charge in [0.05, 0.1) is 7.11 Å². The highest BCUT2D eigenvalue weighted by atomic mass is 19.4. The van der Waals surface area contributed by atoms with Gasteiger partial charge < -0.3 is 19.6 Å². The van der Waals surface area contributed by atoms with Crippen LogP contribution >= 0.6 is 0 Å². The minimum Gasteiger partial charge on any atom is -0.497 e. The van der Waals surface area contributed by atoms with Gasteiger partial charge in [-0.25, -0.2) is 4.79 Å². The summed E-state index contributed by atoms with van der Waals surface area (Å²) in [4.78, 5) is 40.5. The average Bonchev–Trinajstić information content (AvgIpc) is 2.99. The van der Waals surface area contributed by atoms with E-state index in [1.807, 2.05) is 42.7 Å². The quantitative estimate of drug-likeness (QED) is 0.668. The van der Waals surface area contributed by atoms with Crippen LogP contribution < -0.4 is 4.74 Å². The Bertz CT molecular complexity index is 891. The van der Waals surface area contributed by atoms with Crippen molar-refractivity contribution in [1.29, 1.82) is 0 Å². The molecule has 2 fully saturated rings. The van der Waals surface area contributed by atoms with Crippen LogP contribution in [0.1, 0.15) is 32.8 Å². The minimum atomic E-state index is -5.08. The zero-order valence-corrected chi connectivity index (χ0v) is 20.6. The lowest BCUT2D eigenvalue weighted by Gasteiger charge is -2.34. The largest absolute Gasteiger partial charge is 0.497 e. The smallest absolute Gasteiger partial charge is 0.490 e. The summed E-state index contributed by atoms with van der Waals surface area (Å²) in [5, 5.41) is 7.12. The molecule has 1 atom stereocenters. The second kappa shape index (κ2) is 11.7. The zero-order chi connectivity index (χ0) is 26.4. The Kier molecular flexibility index (Phi) is 9.53. The lowest BCUT2D eigenvalue weighted by atomic mass is 9.85. The first kappa shape index (κ1) is 28.4. The number of rotatable bonds is 5. The maximum atomic E-state index is 12.8. The highest BCUT2D eigenvalue weighted by Gasteiger charge is 2.46. The average molecular weight is 502 g/mol. The van der Waals surface area contributed by atoms with Crippen LogP contribution in [-0.2, 0) is 20.9 Å². The Morgan fingerprint density at radius 3 is 2.17 bits per heavy atom. The van der Waals surface area contributed by atoms with Crippen LogP contribution in [0.15, 0.2) is 24.3 Å². The zero-order valence-electron chi connectivity index (χ0n) is 20.6. The number of carboxylic acid groups (broad SMARTS) is 1. The summed E-state index contributed by atoms with van der Waals surface area (Å²) < 4.78 is 37.0. The van der Waals surface area contributed by atoms with Crippen molar-refractivity contribution >= 4 is 17.8 Å². The molecule has 1 N–H and O–H groups in total. The summed E-state index contributed by atoms with van der Waals surface area (Å²) >= 11 is 0. The number of amides is 2. The third-order valence-electron chi connectivity index (χ3n) is 6.17. The van der Waals surface area contributed by atoms with Gasteiger partial charge in [0.25, 0.3) is 0 Å². The lowest BCUT2D eigenvalue weighted by Crippen LogP contribution is -2.45. The summed E-state index contributed by atoms with van der Waals surface area (Å²) in [7, 11) is 1.67. The van der Waals surface area contributed by atoms with Crippen LogP contribution in [-0.4, -0.2) is 90.1 Å². The number of hydrogen-bond donors (Lipinski definition) is 1. The number of likely N-dealkylation sites (tertiary alicyclic amines) is 1. The number of methoxy groups -OCH3 is 1. The fourth-order valence-corrected chi connectivity index (χ4v) is 4.51. The second-order valence-electron chi connectivity index (χ2n) is 9.36. The predicted molar refractivity (Wildman–Crippen MR) is 123 cm³/mol. The molecule has 1 unspecified atom stereocenters. The number of hydrogen-bond acceptors (Lipinski definition) is 5. The molecular weight excluding hydrogens is 467 g/mol. The molecule has 1 spiro atoms. The number of benzene rings is 1. The normalized spacial score (nSPS) is 21.1. The van der Waals surface area contributed by atoms with Gasteiger partial charge in [0.15, 0.2) is 0 Å². The van der Waals surface area contributed by atoms with Gasteiger partial charge in [-0.1, -0.05) is 26.0 Å². The third-order valence-corrected chi connectivity index (χ3v) is 6.17. The van der Waals surface area contributed by atoms with E-state index in [1.165, 1.54) is 5.56 Å². The molecule has 2 aliphatic rings. The van der Waals surface area contributed by atoms with Crippen LogP contribution in [0.4, 0.5) is 13.2 Å². The van der Waals surface area contributed by atoms with Gasteiger partial charge in [-0.15, -0.1) is 0 Å². The van der Waals surface area contributed by atoms with E-state index >= 15 is 0 Å². The molecule has 0 aliphatic carbocycles. The van der Waals surface area contributed by atoms with Gasteiger partial charge >= 0.3 is 12.1 Å². The van der Waals surface area contributed by atoms with Crippen molar-refractivity contribution in [3.05, 3.63) is 29.8 Å². The van der Waals surface area contributed by atoms with E-state index in [-0.39, 0.29) is 23.1 Å². The number of ether oxygens (including phenoxy) is 1. The molecule has 8 nitrogen and oxygen atoms in total. The Morgan fingerprint density at radius 1 is 1.11 bits per heavy atom. The first-order valence-corrected chi connectivity index (χ1v) is 11.5. The van der Waals surface area contributed by atoms with Crippen molar-refractivity contribution in [2.75, 3.05) is 46.4 Å². The van der Waals surface area contributed by atoms with E-state index in [2.05, 4.69) is 17.0 Å². The molecule has 196 valence electrons. The molecule has 2 saturated heterocycles. The summed E-state index contributed by atoms with van der Waals surface area (Å²) in [6, 6.07) is 8.14. The Morgan fingerprint density at radius 2 is 1.71 bits per heavy atom. The van der Waals surface area contributed by atoms with Crippen LogP contribution in [0.2, 0.25) is 0 Å². The van der Waals surface area contributed by atoms with Gasteiger partial charge in [-0.05, 0) is 24.6 Å². The van der Waals surface area contributed by atoms with Crippen molar-refractivity contribution in [3.8, 4) is 5.75 Å². The van der Waals surface area contributed by atoms with Gasteiger partial charge in [0.1, 0.15) is 5.75 Å². The number of alkyl halides is 3. The highest BCUT2D eigenvalue weighted by molar-refractivity contribution is 5.81. The summed E-state index contributed by atoms with van der Waals surface area (Å²) in [5.41, 5.74) is 1.04. The Labute approximate surface area is 203 Å². The molecule has 2 aliphatic heterocycles. The molecule has 0 saturated carbocycles. The standard InChI is InChI=1S/C22H33N3O3.C2HF3O2/c1-5-24-15-22(12-20(24)26)14-23(10-11-25(16-22)21(27)17(2)3)13-18-6-8-19(28-4)9-7-18;3-2(4,5)1(6)7/h6-9,17H,5,10-16H2,1-4H3;(H,6,7). The van der Waals surface area contributed by atoms with Crippen molar-refractivity contribution < 1.29 is 37.4 Å². The number of nitrogens with zero attached hydrogens (tertiary/aromatic N) is 3. The van der Waals surface area contributed by atoms with Crippen LogP contribution in [0, 0.1) is 11.3 Å². The molecule has 1 aromatic carbocycles. The van der Waals surface area contributed by atoms with E-state index in [4.69, 9.17) is 14.6 Å². The number of carbonyl (C=O) groups is 3. The van der Waals surface area contributed by atoms with Gasteiger partial charge in [-0.2, -0.15) is 13.2 Å². The summed E-state index contributed by atoms with van der Waals surface area (Å²) in [5.74, 6) is -1.53. The van der Waals surface area contributed by atoms with Crippen molar-refractivity contribution in [3.63, 3.8) is 0 Å². The van der Waals surface area contributed by atoms with Gasteiger partial charge in [-0.3, -0.25) is 14.5 Å². The fraction of sp³-hybridized carbons (Fsp3) is 0.625. The van der Waals surface area contributed by atoms with Crippen LogP contribution in [0.25, 0.3) is 0 Å². The molecule has 0 aromatic heterocycles. The summed E-state index contributed by atoms with van der Waals surface area (Å²) in [6.07, 6.45) is -4.55. The predicted octanol–water partition coefficient (Wildman–Crippen LogP) is 2.87. The molecule has 2 heterocycles. The molecule has 2 amide bonds. The number of carbonyl (C=O) groups excluding carboxylic acids is 2. The minimum absolute atomic E-state index is 0.0235. The van der Waals surface area contributed by atoms with E-state index in [0.717, 1.165) is 45.0 Å². The monoisotopic (exact) mass is 501 g/mol. The number of halogens is 3. The highest BCUT2D eigenvalue weighted by Crippen LogP contribution is 2.36. The van der Waals surface area contributed by atoms with Gasteiger partial charge in [0.2, 0.25) is 11.8 Å². The maximum absolute atomic E-state index is 12.8. The van der Waals surface area contributed by atoms with E-state index < -0.39 is 12.1 Å². The van der Waals surface area contributed by atoms with E-state index in [9.17, 15) is 22.8 Å². The number of aliphatic carboxylic acids is 1. The summed E-state index contributed by atoms with van der Waals surface area (Å²) in [6.45, 7) is 11.3. The van der Waals surface area contributed by atoms with Crippen molar-refractivity contribution in [2.45, 2.75) is 39.9 Å².